The molecule has 19 heavy (non-hydrogen) atoms. The van der Waals surface area contributed by atoms with Crippen molar-refractivity contribution < 1.29 is 4.74 Å². The zero-order chi connectivity index (χ0) is 14.3. The first kappa shape index (κ1) is 15.9. The van der Waals surface area contributed by atoms with Gasteiger partial charge in [-0.2, -0.15) is 5.26 Å². The Balaban J connectivity index is 2.50. The molecular formula is C15H22N2OS. The van der Waals surface area contributed by atoms with Crippen LogP contribution in [0.5, 0.6) is 5.75 Å². The molecule has 0 bridgehead atoms. The number of nitrogens with one attached hydrogen (secondary N) is 1. The van der Waals surface area contributed by atoms with Crippen molar-refractivity contribution in [2.45, 2.75) is 43.7 Å². The zero-order valence-corrected chi connectivity index (χ0v) is 12.9. The van der Waals surface area contributed by atoms with E-state index in [-0.39, 0.29) is 0 Å². The second-order valence-electron chi connectivity index (χ2n) is 5.02. The molecule has 0 aliphatic carbocycles. The molecule has 1 unspecified atom stereocenters. The predicted molar refractivity (Wildman–Crippen MR) is 80.6 cm³/mol. The molecule has 0 amide bonds. The number of rotatable bonds is 7. The van der Waals surface area contributed by atoms with E-state index in [1.807, 2.05) is 25.1 Å². The topological polar surface area (TPSA) is 45.0 Å². The van der Waals surface area contributed by atoms with Crippen molar-refractivity contribution in [2.75, 3.05) is 12.9 Å². The smallest absolute Gasteiger partial charge is 0.119 e. The van der Waals surface area contributed by atoms with Crippen molar-refractivity contribution >= 4 is 11.8 Å². The number of benzene rings is 1. The number of hydrogen-bond donors (Lipinski definition) is 1. The normalized spacial score (nSPS) is 13.9. The molecule has 0 heterocycles. The van der Waals surface area contributed by atoms with Crippen LogP contribution in [0.4, 0.5) is 0 Å². The highest BCUT2D eigenvalue weighted by molar-refractivity contribution is 7.99. The summed E-state index contributed by atoms with van der Waals surface area (Å²) in [7, 11) is 1.67. The summed E-state index contributed by atoms with van der Waals surface area (Å²) < 4.78 is 5.20. The monoisotopic (exact) mass is 278 g/mol. The first-order chi connectivity index (χ1) is 8.99. The quantitative estimate of drug-likeness (QED) is 0.776. The van der Waals surface area contributed by atoms with Gasteiger partial charge in [-0.25, -0.2) is 0 Å². The molecule has 1 aromatic rings. The van der Waals surface area contributed by atoms with E-state index in [2.05, 4.69) is 31.3 Å². The van der Waals surface area contributed by atoms with Gasteiger partial charge in [-0.05, 0) is 45.4 Å². The van der Waals surface area contributed by atoms with Crippen LogP contribution in [0, 0.1) is 11.3 Å². The molecule has 0 fully saturated rings. The first-order valence-electron chi connectivity index (χ1n) is 6.45. The number of ether oxygens (including phenoxy) is 1. The van der Waals surface area contributed by atoms with E-state index in [1.54, 1.807) is 18.9 Å². The Kier molecular flexibility index (Phi) is 6.20. The van der Waals surface area contributed by atoms with Crippen molar-refractivity contribution in [1.82, 2.24) is 5.32 Å². The molecular weight excluding hydrogens is 256 g/mol. The molecule has 0 spiro atoms. The van der Waals surface area contributed by atoms with E-state index >= 15 is 0 Å². The van der Waals surface area contributed by atoms with Crippen LogP contribution in [0.2, 0.25) is 0 Å². The second-order valence-corrected chi connectivity index (χ2v) is 6.19. The molecule has 0 aliphatic rings. The van der Waals surface area contributed by atoms with Gasteiger partial charge in [0, 0.05) is 16.7 Å². The molecule has 0 aliphatic heterocycles. The Morgan fingerprint density at radius 1 is 1.47 bits per heavy atom. The molecule has 3 nitrogen and oxygen atoms in total. The van der Waals surface area contributed by atoms with Gasteiger partial charge in [0.05, 0.1) is 13.2 Å². The van der Waals surface area contributed by atoms with Gasteiger partial charge in [-0.15, -0.1) is 11.8 Å². The molecule has 4 heteroatoms. The number of hydrogen-bond acceptors (Lipinski definition) is 4. The van der Waals surface area contributed by atoms with Gasteiger partial charge >= 0.3 is 0 Å². The van der Waals surface area contributed by atoms with Crippen LogP contribution in [0.25, 0.3) is 0 Å². The fourth-order valence-electron chi connectivity index (χ4n) is 1.86. The van der Waals surface area contributed by atoms with E-state index < -0.39 is 5.54 Å². The SMILES string of the molecule is COc1cccc(SCCC(C)(C#N)NC(C)C)c1. The molecule has 1 aromatic carbocycles. The molecule has 0 saturated heterocycles. The summed E-state index contributed by atoms with van der Waals surface area (Å²) >= 11 is 1.75. The lowest BCUT2D eigenvalue weighted by atomic mass is 10.0. The van der Waals surface area contributed by atoms with Gasteiger partial charge in [-0.3, -0.25) is 5.32 Å². The molecule has 1 atom stereocenters. The zero-order valence-electron chi connectivity index (χ0n) is 12.1. The van der Waals surface area contributed by atoms with Crippen LogP contribution in [0.3, 0.4) is 0 Å². The van der Waals surface area contributed by atoms with E-state index in [0.29, 0.717) is 6.04 Å². The first-order valence-corrected chi connectivity index (χ1v) is 7.43. The number of methoxy groups -OCH3 is 1. The van der Waals surface area contributed by atoms with Gasteiger partial charge < -0.3 is 4.74 Å². The van der Waals surface area contributed by atoms with Gasteiger partial charge in [0.25, 0.3) is 0 Å². The Bertz CT molecular complexity index is 442. The summed E-state index contributed by atoms with van der Waals surface area (Å²) in [6.07, 6.45) is 0.809. The maximum absolute atomic E-state index is 9.27. The van der Waals surface area contributed by atoms with Crippen LogP contribution < -0.4 is 10.1 Å². The molecule has 0 aromatic heterocycles. The van der Waals surface area contributed by atoms with Crippen LogP contribution in [0.15, 0.2) is 29.2 Å². The Morgan fingerprint density at radius 2 is 2.21 bits per heavy atom. The Hall–Kier alpha value is -1.18. The van der Waals surface area contributed by atoms with E-state index in [9.17, 15) is 5.26 Å². The van der Waals surface area contributed by atoms with Crippen LogP contribution in [-0.4, -0.2) is 24.4 Å². The van der Waals surface area contributed by atoms with Gasteiger partial charge in [-0.1, -0.05) is 6.07 Å². The third kappa shape index (κ3) is 5.54. The minimum atomic E-state index is -0.458. The van der Waals surface area contributed by atoms with Crippen LogP contribution in [0.1, 0.15) is 27.2 Å². The largest absolute Gasteiger partial charge is 0.497 e. The van der Waals surface area contributed by atoms with E-state index in [1.165, 1.54) is 4.90 Å². The predicted octanol–water partition coefficient (Wildman–Crippen LogP) is 3.46. The lowest BCUT2D eigenvalue weighted by Gasteiger charge is -2.25. The second kappa shape index (κ2) is 7.42. The molecule has 104 valence electrons. The lowest BCUT2D eigenvalue weighted by Crippen LogP contribution is -2.45. The summed E-state index contributed by atoms with van der Waals surface area (Å²) in [5.41, 5.74) is -0.458. The standard InChI is InChI=1S/C15H22N2OS/c1-12(2)17-15(3,11-16)8-9-19-14-7-5-6-13(10-14)18-4/h5-7,10,12,17H,8-9H2,1-4H3. The maximum atomic E-state index is 9.27. The Morgan fingerprint density at radius 3 is 2.79 bits per heavy atom. The molecule has 0 saturated carbocycles. The summed E-state index contributed by atoms with van der Waals surface area (Å²) in [5.74, 6) is 1.77. The van der Waals surface area contributed by atoms with Crippen LogP contribution in [-0.2, 0) is 0 Å². The highest BCUT2D eigenvalue weighted by Gasteiger charge is 2.23. The number of nitriles is 1. The minimum Gasteiger partial charge on any atom is -0.497 e. The van der Waals surface area contributed by atoms with Gasteiger partial charge in [0.2, 0.25) is 0 Å². The van der Waals surface area contributed by atoms with E-state index in [4.69, 9.17) is 4.74 Å². The van der Waals surface area contributed by atoms with Gasteiger partial charge in [0.15, 0.2) is 0 Å². The molecule has 1 rings (SSSR count). The number of nitrogens with zero attached hydrogens (tertiary/aromatic N) is 1. The fraction of sp³-hybridized carbons (Fsp3) is 0.533. The summed E-state index contributed by atoms with van der Waals surface area (Å²) in [5, 5.41) is 12.6. The summed E-state index contributed by atoms with van der Waals surface area (Å²) in [6.45, 7) is 6.08. The molecule has 0 radical (unpaired) electrons. The fourth-order valence-corrected chi connectivity index (χ4v) is 2.98. The minimum absolute atomic E-state index is 0.312. The average Bonchev–Trinajstić information content (AvgIpc) is 2.38. The lowest BCUT2D eigenvalue weighted by molar-refractivity contribution is 0.397. The van der Waals surface area contributed by atoms with E-state index in [0.717, 1.165) is 17.9 Å². The maximum Gasteiger partial charge on any atom is 0.119 e. The molecule has 1 N–H and O–H groups in total. The van der Waals surface area contributed by atoms with Crippen molar-refractivity contribution in [1.29, 1.82) is 5.26 Å². The summed E-state index contributed by atoms with van der Waals surface area (Å²) in [6, 6.07) is 10.7. The van der Waals surface area contributed by atoms with Crippen LogP contribution >= 0.6 is 11.8 Å². The van der Waals surface area contributed by atoms with Crippen molar-refractivity contribution in [3.8, 4) is 11.8 Å². The van der Waals surface area contributed by atoms with Gasteiger partial charge in [0.1, 0.15) is 11.3 Å². The third-order valence-electron chi connectivity index (χ3n) is 2.77. The van der Waals surface area contributed by atoms with Crippen molar-refractivity contribution in [3.63, 3.8) is 0 Å². The highest BCUT2D eigenvalue weighted by Crippen LogP contribution is 2.25. The summed E-state index contributed by atoms with van der Waals surface area (Å²) in [4.78, 5) is 1.17. The highest BCUT2D eigenvalue weighted by atomic mass is 32.2. The number of thioether (sulfide) groups is 1. The third-order valence-corrected chi connectivity index (χ3v) is 3.76. The Labute approximate surface area is 120 Å². The van der Waals surface area contributed by atoms with Crippen molar-refractivity contribution in [3.05, 3.63) is 24.3 Å². The van der Waals surface area contributed by atoms with Crippen molar-refractivity contribution in [2.24, 2.45) is 0 Å². The average molecular weight is 278 g/mol.